The second kappa shape index (κ2) is 6.09. The van der Waals surface area contributed by atoms with Gasteiger partial charge in [0.1, 0.15) is 0 Å². The van der Waals surface area contributed by atoms with Crippen molar-refractivity contribution in [2.24, 2.45) is 0 Å². The Hall–Kier alpha value is -1.81. The Morgan fingerprint density at radius 3 is 2.45 bits per heavy atom. The molecule has 4 heteroatoms. The Kier molecular flexibility index (Phi) is 4.45. The molecule has 0 aliphatic carbocycles. The zero-order valence-electron chi connectivity index (χ0n) is 11.5. The van der Waals surface area contributed by atoms with Crippen LogP contribution in [-0.2, 0) is 0 Å². The average Bonchev–Trinajstić information content (AvgIpc) is 2.48. The summed E-state index contributed by atoms with van der Waals surface area (Å²) < 4.78 is 0.799. The fourth-order valence-corrected chi connectivity index (χ4v) is 2.26. The van der Waals surface area contributed by atoms with E-state index in [9.17, 15) is 4.79 Å². The van der Waals surface area contributed by atoms with E-state index in [0.29, 0.717) is 11.3 Å². The van der Waals surface area contributed by atoms with E-state index in [1.165, 1.54) is 0 Å². The van der Waals surface area contributed by atoms with Crippen LogP contribution >= 0.6 is 15.9 Å². The third-order valence-electron chi connectivity index (χ3n) is 3.43. The minimum atomic E-state index is -0.0412. The van der Waals surface area contributed by atoms with E-state index in [2.05, 4.69) is 15.9 Å². The molecular weight excluding hydrogens is 316 g/mol. The van der Waals surface area contributed by atoms with Crippen LogP contribution in [0.25, 0.3) is 0 Å². The SMILES string of the molecule is CC(c1ccccc1)N(C)C(=O)c1ccc(Br)c(N)c1. The Morgan fingerprint density at radius 1 is 1.20 bits per heavy atom. The van der Waals surface area contributed by atoms with Gasteiger partial charge in [0.15, 0.2) is 0 Å². The second-order valence-corrected chi connectivity index (χ2v) is 5.59. The number of halogens is 1. The Morgan fingerprint density at radius 2 is 1.85 bits per heavy atom. The van der Waals surface area contributed by atoms with Crippen molar-refractivity contribution in [3.8, 4) is 0 Å². The first kappa shape index (κ1) is 14.6. The summed E-state index contributed by atoms with van der Waals surface area (Å²) in [5.41, 5.74) is 8.09. The van der Waals surface area contributed by atoms with Crippen LogP contribution < -0.4 is 5.73 Å². The molecule has 2 aromatic rings. The molecule has 20 heavy (non-hydrogen) atoms. The molecule has 0 saturated carbocycles. The molecule has 0 aliphatic heterocycles. The van der Waals surface area contributed by atoms with Gasteiger partial charge in [0.05, 0.1) is 6.04 Å². The maximum absolute atomic E-state index is 12.5. The molecule has 104 valence electrons. The summed E-state index contributed by atoms with van der Waals surface area (Å²) in [7, 11) is 1.80. The van der Waals surface area contributed by atoms with E-state index < -0.39 is 0 Å². The van der Waals surface area contributed by atoms with Gasteiger partial charge in [-0.3, -0.25) is 4.79 Å². The largest absolute Gasteiger partial charge is 0.398 e. The first-order valence-corrected chi connectivity index (χ1v) is 7.17. The fraction of sp³-hybridized carbons (Fsp3) is 0.188. The van der Waals surface area contributed by atoms with Crippen molar-refractivity contribution >= 4 is 27.5 Å². The highest BCUT2D eigenvalue weighted by molar-refractivity contribution is 9.10. The number of anilines is 1. The van der Waals surface area contributed by atoms with Gasteiger partial charge in [-0.15, -0.1) is 0 Å². The molecule has 3 nitrogen and oxygen atoms in total. The van der Waals surface area contributed by atoms with Crippen molar-refractivity contribution in [3.05, 3.63) is 64.1 Å². The van der Waals surface area contributed by atoms with Gasteiger partial charge in [0, 0.05) is 22.8 Å². The standard InChI is InChI=1S/C16H17BrN2O/c1-11(12-6-4-3-5-7-12)19(2)16(20)13-8-9-14(17)15(18)10-13/h3-11H,18H2,1-2H3. The molecule has 2 aromatic carbocycles. The third kappa shape index (κ3) is 3.02. The minimum Gasteiger partial charge on any atom is -0.398 e. The third-order valence-corrected chi connectivity index (χ3v) is 4.15. The molecule has 0 radical (unpaired) electrons. The maximum Gasteiger partial charge on any atom is 0.254 e. The molecule has 1 unspecified atom stereocenters. The van der Waals surface area contributed by atoms with E-state index in [1.54, 1.807) is 30.1 Å². The normalized spacial score (nSPS) is 11.9. The van der Waals surface area contributed by atoms with Gasteiger partial charge in [-0.1, -0.05) is 30.3 Å². The van der Waals surface area contributed by atoms with Crippen molar-refractivity contribution in [1.82, 2.24) is 4.90 Å². The molecule has 0 bridgehead atoms. The lowest BCUT2D eigenvalue weighted by molar-refractivity contribution is 0.0742. The Balaban J connectivity index is 2.22. The molecular formula is C16H17BrN2O. The zero-order chi connectivity index (χ0) is 14.7. The van der Waals surface area contributed by atoms with Gasteiger partial charge in [-0.25, -0.2) is 0 Å². The lowest BCUT2D eigenvalue weighted by Crippen LogP contribution is -2.29. The zero-order valence-corrected chi connectivity index (χ0v) is 13.1. The first-order chi connectivity index (χ1) is 9.50. The highest BCUT2D eigenvalue weighted by Gasteiger charge is 2.19. The van der Waals surface area contributed by atoms with Gasteiger partial charge in [-0.05, 0) is 46.6 Å². The summed E-state index contributed by atoms with van der Waals surface area (Å²) in [6, 6.07) is 15.2. The van der Waals surface area contributed by atoms with Gasteiger partial charge >= 0.3 is 0 Å². The number of nitrogen functional groups attached to an aromatic ring is 1. The van der Waals surface area contributed by atoms with Crippen molar-refractivity contribution in [3.63, 3.8) is 0 Å². The molecule has 2 N–H and O–H groups in total. The van der Waals surface area contributed by atoms with Crippen molar-refractivity contribution in [1.29, 1.82) is 0 Å². The second-order valence-electron chi connectivity index (χ2n) is 4.74. The molecule has 0 fully saturated rings. The maximum atomic E-state index is 12.5. The molecule has 1 atom stereocenters. The topological polar surface area (TPSA) is 46.3 Å². The number of carbonyl (C=O) groups excluding carboxylic acids is 1. The monoisotopic (exact) mass is 332 g/mol. The molecule has 2 rings (SSSR count). The van der Waals surface area contributed by atoms with Crippen LogP contribution in [0.3, 0.4) is 0 Å². The average molecular weight is 333 g/mol. The number of amides is 1. The van der Waals surface area contributed by atoms with E-state index in [1.807, 2.05) is 37.3 Å². The lowest BCUT2D eigenvalue weighted by atomic mass is 10.1. The van der Waals surface area contributed by atoms with Gasteiger partial charge in [0.25, 0.3) is 5.91 Å². The molecule has 0 heterocycles. The number of rotatable bonds is 3. The first-order valence-electron chi connectivity index (χ1n) is 6.38. The lowest BCUT2D eigenvalue weighted by Gasteiger charge is -2.25. The van der Waals surface area contributed by atoms with E-state index in [0.717, 1.165) is 10.0 Å². The molecule has 0 spiro atoms. The summed E-state index contributed by atoms with van der Waals surface area (Å²) in [6.07, 6.45) is 0. The van der Waals surface area contributed by atoms with E-state index >= 15 is 0 Å². The van der Waals surface area contributed by atoms with Crippen LogP contribution in [0.2, 0.25) is 0 Å². The van der Waals surface area contributed by atoms with Crippen molar-refractivity contribution in [2.75, 3.05) is 12.8 Å². The predicted octanol–water partition coefficient (Wildman–Crippen LogP) is 3.86. The van der Waals surface area contributed by atoms with Crippen LogP contribution in [0, 0.1) is 0 Å². The summed E-state index contributed by atoms with van der Waals surface area (Å²) in [5.74, 6) is -0.0412. The number of nitrogens with zero attached hydrogens (tertiary/aromatic N) is 1. The van der Waals surface area contributed by atoms with Gasteiger partial charge in [0.2, 0.25) is 0 Å². The van der Waals surface area contributed by atoms with Crippen LogP contribution in [-0.4, -0.2) is 17.9 Å². The summed E-state index contributed by atoms with van der Waals surface area (Å²) in [4.78, 5) is 14.2. The summed E-state index contributed by atoms with van der Waals surface area (Å²) in [6.45, 7) is 2.01. The van der Waals surface area contributed by atoms with Crippen molar-refractivity contribution < 1.29 is 4.79 Å². The number of carbonyl (C=O) groups is 1. The highest BCUT2D eigenvalue weighted by Crippen LogP contribution is 2.24. The van der Waals surface area contributed by atoms with Crippen LogP contribution in [0.15, 0.2) is 53.0 Å². The van der Waals surface area contributed by atoms with E-state index in [-0.39, 0.29) is 11.9 Å². The minimum absolute atomic E-state index is 0.00794. The van der Waals surface area contributed by atoms with Gasteiger partial charge in [-0.2, -0.15) is 0 Å². The Labute approximate surface area is 127 Å². The quantitative estimate of drug-likeness (QED) is 0.867. The number of nitrogens with two attached hydrogens (primary N) is 1. The molecule has 1 amide bonds. The van der Waals surface area contributed by atoms with Gasteiger partial charge < -0.3 is 10.6 Å². The predicted molar refractivity (Wildman–Crippen MR) is 85.5 cm³/mol. The number of benzene rings is 2. The number of hydrogen-bond donors (Lipinski definition) is 1. The smallest absolute Gasteiger partial charge is 0.254 e. The van der Waals surface area contributed by atoms with Crippen molar-refractivity contribution in [2.45, 2.75) is 13.0 Å². The molecule has 0 saturated heterocycles. The number of hydrogen-bond acceptors (Lipinski definition) is 2. The molecule has 0 aromatic heterocycles. The van der Waals surface area contributed by atoms with Crippen LogP contribution in [0.4, 0.5) is 5.69 Å². The summed E-state index contributed by atoms with van der Waals surface area (Å²) >= 11 is 3.33. The Bertz CT molecular complexity index is 613. The van der Waals surface area contributed by atoms with Crippen LogP contribution in [0.5, 0.6) is 0 Å². The molecule has 0 aliphatic rings. The highest BCUT2D eigenvalue weighted by atomic mass is 79.9. The fourth-order valence-electron chi connectivity index (χ4n) is 2.01. The van der Waals surface area contributed by atoms with Crippen LogP contribution in [0.1, 0.15) is 28.9 Å². The summed E-state index contributed by atoms with van der Waals surface area (Å²) in [5, 5.41) is 0. The van der Waals surface area contributed by atoms with E-state index in [4.69, 9.17) is 5.73 Å².